The van der Waals surface area contributed by atoms with E-state index in [1.165, 1.54) is 44.9 Å². The number of carbonyl (C=O) groups is 2. The highest BCUT2D eigenvalue weighted by Gasteiger charge is 2.14. The summed E-state index contributed by atoms with van der Waals surface area (Å²) in [6, 6.07) is 5.29. The van der Waals surface area contributed by atoms with Crippen LogP contribution in [-0.4, -0.2) is 24.9 Å². The second-order valence-corrected chi connectivity index (χ2v) is 7.70. The van der Waals surface area contributed by atoms with Crippen molar-refractivity contribution in [2.24, 2.45) is 0 Å². The molecule has 0 saturated heterocycles. The number of rotatable bonds is 14. The summed E-state index contributed by atoms with van der Waals surface area (Å²) in [6.07, 6.45) is 10.7. The first-order chi connectivity index (χ1) is 14.5. The lowest BCUT2D eigenvalue weighted by molar-refractivity contribution is 0.101. The zero-order chi connectivity index (χ0) is 22.2. The maximum atomic E-state index is 12.4. The number of aryl methyl sites for hydroxylation is 1. The van der Waals surface area contributed by atoms with Crippen molar-refractivity contribution in [3.8, 4) is 0 Å². The van der Waals surface area contributed by atoms with E-state index >= 15 is 0 Å². The number of hydrogen-bond donors (Lipinski definition) is 2. The fourth-order valence-electron chi connectivity index (χ4n) is 3.26. The molecule has 0 spiro atoms. The number of amides is 2. The topological polar surface area (TPSA) is 76.7 Å². The van der Waals surface area contributed by atoms with Gasteiger partial charge in [-0.1, -0.05) is 64.9 Å². The third-order valence-electron chi connectivity index (χ3n) is 5.10. The average Bonchev–Trinajstić information content (AvgIpc) is 2.71. The van der Waals surface area contributed by atoms with Crippen molar-refractivity contribution in [1.29, 1.82) is 0 Å². The summed E-state index contributed by atoms with van der Waals surface area (Å²) >= 11 is 0. The van der Waals surface area contributed by atoms with E-state index in [0.717, 1.165) is 24.8 Å². The normalized spacial score (nSPS) is 11.6. The van der Waals surface area contributed by atoms with Gasteiger partial charge in [-0.05, 0) is 50.8 Å². The molecule has 1 unspecified atom stereocenters. The van der Waals surface area contributed by atoms with Crippen LogP contribution in [0.3, 0.4) is 0 Å². The monoisotopic (exact) mass is 420 g/mol. The minimum absolute atomic E-state index is 0.0776. The lowest BCUT2D eigenvalue weighted by Crippen LogP contribution is -2.22. The van der Waals surface area contributed by atoms with Gasteiger partial charge in [0.1, 0.15) is 6.10 Å². The SMILES string of the molecule is CCCCCCCCCCC(CC)OC(=O)Nc1cc(NC(=O)OCC)ccc1C. The maximum absolute atomic E-state index is 12.4. The van der Waals surface area contributed by atoms with Crippen molar-refractivity contribution in [3.05, 3.63) is 23.8 Å². The maximum Gasteiger partial charge on any atom is 0.411 e. The van der Waals surface area contributed by atoms with Crippen LogP contribution in [0.15, 0.2) is 18.2 Å². The Bertz CT molecular complexity index is 634. The van der Waals surface area contributed by atoms with Crippen molar-refractivity contribution in [3.63, 3.8) is 0 Å². The first kappa shape index (κ1) is 25.8. The zero-order valence-corrected chi connectivity index (χ0v) is 19.2. The zero-order valence-electron chi connectivity index (χ0n) is 19.2. The molecule has 30 heavy (non-hydrogen) atoms. The van der Waals surface area contributed by atoms with E-state index in [9.17, 15) is 9.59 Å². The van der Waals surface area contributed by atoms with Gasteiger partial charge in [-0.25, -0.2) is 9.59 Å². The summed E-state index contributed by atoms with van der Waals surface area (Å²) in [5.74, 6) is 0. The van der Waals surface area contributed by atoms with Gasteiger partial charge in [0, 0.05) is 11.4 Å². The number of unbranched alkanes of at least 4 members (excludes halogenated alkanes) is 7. The van der Waals surface area contributed by atoms with Crippen LogP contribution >= 0.6 is 0 Å². The molecule has 1 aromatic carbocycles. The Kier molecular flexibility index (Phi) is 13.4. The minimum Gasteiger partial charge on any atom is -0.450 e. The van der Waals surface area contributed by atoms with Crippen molar-refractivity contribution >= 4 is 23.6 Å². The van der Waals surface area contributed by atoms with Crippen molar-refractivity contribution < 1.29 is 19.1 Å². The molecule has 1 atom stereocenters. The quantitative estimate of drug-likeness (QED) is 0.307. The smallest absolute Gasteiger partial charge is 0.411 e. The molecule has 0 aliphatic carbocycles. The summed E-state index contributed by atoms with van der Waals surface area (Å²) in [4.78, 5) is 23.9. The Labute approximate surface area is 182 Å². The van der Waals surface area contributed by atoms with Crippen LogP contribution in [0, 0.1) is 6.92 Å². The van der Waals surface area contributed by atoms with E-state index in [-0.39, 0.29) is 6.10 Å². The number of carbonyl (C=O) groups excluding carboxylic acids is 2. The van der Waals surface area contributed by atoms with Crippen LogP contribution in [0.1, 0.15) is 90.5 Å². The Hall–Kier alpha value is -2.24. The van der Waals surface area contributed by atoms with E-state index in [4.69, 9.17) is 9.47 Å². The van der Waals surface area contributed by atoms with E-state index in [2.05, 4.69) is 17.6 Å². The lowest BCUT2D eigenvalue weighted by atomic mass is 10.0. The molecule has 0 heterocycles. The molecule has 170 valence electrons. The lowest BCUT2D eigenvalue weighted by Gasteiger charge is -2.17. The van der Waals surface area contributed by atoms with Crippen LogP contribution in [0.2, 0.25) is 0 Å². The second kappa shape index (κ2) is 15.6. The van der Waals surface area contributed by atoms with Gasteiger partial charge in [0.25, 0.3) is 0 Å². The molecule has 2 amide bonds. The van der Waals surface area contributed by atoms with Crippen molar-refractivity contribution in [2.75, 3.05) is 17.2 Å². The van der Waals surface area contributed by atoms with Crippen LogP contribution < -0.4 is 10.6 Å². The molecule has 1 aromatic rings. The molecule has 0 aliphatic heterocycles. The third-order valence-corrected chi connectivity index (χ3v) is 5.10. The molecule has 0 bridgehead atoms. The number of anilines is 2. The summed E-state index contributed by atoms with van der Waals surface area (Å²) in [5.41, 5.74) is 2.05. The van der Waals surface area contributed by atoms with E-state index < -0.39 is 12.2 Å². The molecule has 1 rings (SSSR count). The highest BCUT2D eigenvalue weighted by atomic mass is 16.6. The Morgan fingerprint density at radius 3 is 2.20 bits per heavy atom. The number of nitrogens with one attached hydrogen (secondary N) is 2. The third kappa shape index (κ3) is 11.1. The Morgan fingerprint density at radius 2 is 1.57 bits per heavy atom. The predicted octanol–water partition coefficient (Wildman–Crippen LogP) is 7.42. The fraction of sp³-hybridized carbons (Fsp3) is 0.667. The summed E-state index contributed by atoms with van der Waals surface area (Å²) < 4.78 is 10.5. The first-order valence-corrected chi connectivity index (χ1v) is 11.5. The van der Waals surface area contributed by atoms with Gasteiger partial charge < -0.3 is 9.47 Å². The van der Waals surface area contributed by atoms with Crippen LogP contribution in [0.25, 0.3) is 0 Å². The van der Waals surface area contributed by atoms with Crippen LogP contribution in [0.5, 0.6) is 0 Å². The molecule has 0 saturated carbocycles. The van der Waals surface area contributed by atoms with E-state index in [1.807, 2.05) is 19.9 Å². The number of hydrogen-bond acceptors (Lipinski definition) is 4. The van der Waals surface area contributed by atoms with Crippen molar-refractivity contribution in [2.45, 2.75) is 98.0 Å². The summed E-state index contributed by atoms with van der Waals surface area (Å²) in [6.45, 7) is 8.21. The molecule has 0 fully saturated rings. The highest BCUT2D eigenvalue weighted by molar-refractivity contribution is 5.89. The molecule has 0 radical (unpaired) electrons. The molecular formula is C24H40N2O4. The molecule has 6 heteroatoms. The van der Waals surface area contributed by atoms with Crippen LogP contribution in [0.4, 0.5) is 21.0 Å². The fourth-order valence-corrected chi connectivity index (χ4v) is 3.26. The number of benzene rings is 1. The van der Waals surface area contributed by atoms with Gasteiger partial charge in [0.05, 0.1) is 6.61 Å². The minimum atomic E-state index is -0.522. The molecule has 0 aromatic heterocycles. The van der Waals surface area contributed by atoms with Crippen LogP contribution in [-0.2, 0) is 9.47 Å². The van der Waals surface area contributed by atoms with Gasteiger partial charge in [-0.2, -0.15) is 0 Å². The predicted molar refractivity (Wildman–Crippen MR) is 123 cm³/mol. The molecule has 6 nitrogen and oxygen atoms in total. The Morgan fingerprint density at radius 1 is 0.900 bits per heavy atom. The second-order valence-electron chi connectivity index (χ2n) is 7.70. The molecule has 0 aliphatic rings. The standard InChI is InChI=1S/C24H40N2O4/c1-5-8-9-10-11-12-13-14-15-21(6-2)30-24(28)26-22-18-20(17-16-19(22)4)25-23(27)29-7-3/h16-18,21H,5-15H2,1-4H3,(H,25,27)(H,26,28). The summed E-state index contributed by atoms with van der Waals surface area (Å²) in [7, 11) is 0. The van der Waals surface area contributed by atoms with Gasteiger partial charge in [0.2, 0.25) is 0 Å². The molecule has 2 N–H and O–H groups in total. The van der Waals surface area contributed by atoms with E-state index in [1.54, 1.807) is 19.1 Å². The summed E-state index contributed by atoms with van der Waals surface area (Å²) in [5, 5.41) is 5.44. The first-order valence-electron chi connectivity index (χ1n) is 11.5. The van der Waals surface area contributed by atoms with Gasteiger partial charge >= 0.3 is 12.2 Å². The van der Waals surface area contributed by atoms with Gasteiger partial charge in [-0.3, -0.25) is 10.6 Å². The number of ether oxygens (including phenoxy) is 2. The van der Waals surface area contributed by atoms with Gasteiger partial charge in [-0.15, -0.1) is 0 Å². The van der Waals surface area contributed by atoms with E-state index in [0.29, 0.717) is 18.0 Å². The Balaban J connectivity index is 2.41. The largest absolute Gasteiger partial charge is 0.450 e. The highest BCUT2D eigenvalue weighted by Crippen LogP contribution is 2.21. The van der Waals surface area contributed by atoms with Gasteiger partial charge in [0.15, 0.2) is 0 Å². The van der Waals surface area contributed by atoms with Crippen molar-refractivity contribution in [1.82, 2.24) is 0 Å². The molecular weight excluding hydrogens is 380 g/mol. The average molecular weight is 421 g/mol.